The van der Waals surface area contributed by atoms with Gasteiger partial charge in [-0.3, -0.25) is 9.78 Å². The third-order valence-corrected chi connectivity index (χ3v) is 3.81. The topological polar surface area (TPSA) is 82.5 Å². The van der Waals surface area contributed by atoms with Gasteiger partial charge in [0, 0.05) is 13.1 Å². The van der Waals surface area contributed by atoms with E-state index in [1.54, 1.807) is 17.0 Å². The Morgan fingerprint density at radius 1 is 1.33 bits per heavy atom. The number of nitrogens with zero attached hydrogens (tertiary/aromatic N) is 2. The molecule has 0 aromatic carbocycles. The number of likely N-dealkylation sites (tertiary alicyclic amines) is 1. The van der Waals surface area contributed by atoms with Crippen LogP contribution in [-0.2, 0) is 11.2 Å². The smallest absolute Gasteiger partial charge is 0.321 e. The molecule has 21 heavy (non-hydrogen) atoms. The van der Waals surface area contributed by atoms with Crippen molar-refractivity contribution in [1.82, 2.24) is 9.88 Å². The number of aliphatic carboxylic acids is 1. The van der Waals surface area contributed by atoms with Gasteiger partial charge in [0.2, 0.25) is 0 Å². The van der Waals surface area contributed by atoms with Crippen LogP contribution in [0.3, 0.4) is 0 Å². The zero-order chi connectivity index (χ0) is 15.5. The highest BCUT2D eigenvalue weighted by molar-refractivity contribution is 5.89. The number of carbonyl (C=O) groups is 2. The molecule has 0 saturated carbocycles. The summed E-state index contributed by atoms with van der Waals surface area (Å²) in [5.41, 5.74) is 1.36. The summed E-state index contributed by atoms with van der Waals surface area (Å²) >= 11 is 0. The minimum atomic E-state index is -0.921. The second-order valence-electron chi connectivity index (χ2n) is 6.19. The Hall–Kier alpha value is -2.11. The molecule has 1 aromatic heterocycles. The summed E-state index contributed by atoms with van der Waals surface area (Å²) in [4.78, 5) is 28.5. The number of hydrogen-bond acceptors (Lipinski definition) is 3. The molecule has 1 saturated heterocycles. The van der Waals surface area contributed by atoms with E-state index in [1.807, 2.05) is 0 Å². The SMILES string of the molecule is CC1(C)CCN(C(=O)Nc2ccc(CC(=O)O)nc2)CC1. The van der Waals surface area contributed by atoms with Gasteiger partial charge in [-0.2, -0.15) is 0 Å². The molecule has 1 aromatic rings. The minimum absolute atomic E-state index is 0.116. The average molecular weight is 291 g/mol. The van der Waals surface area contributed by atoms with Crippen LogP contribution in [0, 0.1) is 5.41 Å². The van der Waals surface area contributed by atoms with Crippen LogP contribution in [0.15, 0.2) is 18.3 Å². The number of pyridine rings is 1. The number of rotatable bonds is 3. The summed E-state index contributed by atoms with van der Waals surface area (Å²) in [6, 6.07) is 3.17. The average Bonchev–Trinajstić information content (AvgIpc) is 2.40. The molecule has 2 N–H and O–H groups in total. The predicted molar refractivity (Wildman–Crippen MR) is 79.2 cm³/mol. The Kier molecular flexibility index (Phi) is 4.45. The molecule has 1 aliphatic rings. The summed E-state index contributed by atoms with van der Waals surface area (Å²) in [6.45, 7) is 5.94. The summed E-state index contributed by atoms with van der Waals surface area (Å²) in [5, 5.41) is 11.5. The summed E-state index contributed by atoms with van der Waals surface area (Å²) in [6.07, 6.45) is 3.37. The van der Waals surface area contributed by atoms with Gasteiger partial charge in [0.05, 0.1) is 24.0 Å². The van der Waals surface area contributed by atoms with Crippen molar-refractivity contribution < 1.29 is 14.7 Å². The van der Waals surface area contributed by atoms with Gasteiger partial charge >= 0.3 is 12.0 Å². The number of carboxylic acid groups (broad SMARTS) is 1. The van der Waals surface area contributed by atoms with Crippen LogP contribution in [-0.4, -0.2) is 40.1 Å². The molecule has 1 fully saturated rings. The van der Waals surface area contributed by atoms with Crippen molar-refractivity contribution in [3.05, 3.63) is 24.0 Å². The van der Waals surface area contributed by atoms with Crippen molar-refractivity contribution in [3.63, 3.8) is 0 Å². The van der Waals surface area contributed by atoms with E-state index in [2.05, 4.69) is 24.1 Å². The second kappa shape index (κ2) is 6.11. The molecule has 2 heterocycles. The van der Waals surface area contributed by atoms with E-state index in [-0.39, 0.29) is 12.5 Å². The van der Waals surface area contributed by atoms with E-state index in [0.717, 1.165) is 25.9 Å². The van der Waals surface area contributed by atoms with Crippen LogP contribution in [0.25, 0.3) is 0 Å². The molecule has 0 spiro atoms. The summed E-state index contributed by atoms with van der Waals surface area (Å²) in [7, 11) is 0. The second-order valence-corrected chi connectivity index (χ2v) is 6.19. The van der Waals surface area contributed by atoms with Crippen LogP contribution in [0.1, 0.15) is 32.4 Å². The van der Waals surface area contributed by atoms with Crippen molar-refractivity contribution in [2.45, 2.75) is 33.1 Å². The minimum Gasteiger partial charge on any atom is -0.481 e. The Labute approximate surface area is 124 Å². The number of piperidine rings is 1. The molecule has 0 unspecified atom stereocenters. The van der Waals surface area contributed by atoms with Crippen molar-refractivity contribution in [1.29, 1.82) is 0 Å². The van der Waals surface area contributed by atoms with Gasteiger partial charge in [-0.1, -0.05) is 13.8 Å². The van der Waals surface area contributed by atoms with E-state index < -0.39 is 5.97 Å². The zero-order valence-corrected chi connectivity index (χ0v) is 12.4. The normalized spacial score (nSPS) is 17.3. The molecule has 0 aliphatic carbocycles. The molecule has 0 radical (unpaired) electrons. The largest absolute Gasteiger partial charge is 0.481 e. The molecule has 2 rings (SSSR count). The molecule has 114 valence electrons. The molecule has 6 nitrogen and oxygen atoms in total. The van der Waals surface area contributed by atoms with Gasteiger partial charge in [0.25, 0.3) is 0 Å². The number of urea groups is 1. The number of carboxylic acids is 1. The van der Waals surface area contributed by atoms with Crippen molar-refractivity contribution in [3.8, 4) is 0 Å². The third kappa shape index (κ3) is 4.44. The lowest BCUT2D eigenvalue weighted by Crippen LogP contribution is -2.43. The van der Waals surface area contributed by atoms with E-state index in [1.165, 1.54) is 6.20 Å². The van der Waals surface area contributed by atoms with E-state index >= 15 is 0 Å². The highest BCUT2D eigenvalue weighted by atomic mass is 16.4. The molecule has 1 aliphatic heterocycles. The number of nitrogens with one attached hydrogen (secondary N) is 1. The van der Waals surface area contributed by atoms with Gasteiger partial charge in [0.1, 0.15) is 0 Å². The fourth-order valence-corrected chi connectivity index (χ4v) is 2.28. The van der Waals surface area contributed by atoms with Crippen LogP contribution < -0.4 is 5.32 Å². The third-order valence-electron chi connectivity index (χ3n) is 3.81. The fourth-order valence-electron chi connectivity index (χ4n) is 2.28. The van der Waals surface area contributed by atoms with Gasteiger partial charge < -0.3 is 15.3 Å². The first-order valence-electron chi connectivity index (χ1n) is 7.08. The number of carbonyl (C=O) groups excluding carboxylic acids is 1. The zero-order valence-electron chi connectivity index (χ0n) is 12.4. The Balaban J connectivity index is 1.89. The Bertz CT molecular complexity index is 515. The Morgan fingerprint density at radius 3 is 2.52 bits per heavy atom. The number of aromatic nitrogens is 1. The quantitative estimate of drug-likeness (QED) is 0.895. The fraction of sp³-hybridized carbons (Fsp3) is 0.533. The van der Waals surface area contributed by atoms with Gasteiger partial charge in [-0.25, -0.2) is 4.79 Å². The molecule has 0 atom stereocenters. The summed E-state index contributed by atoms with van der Waals surface area (Å²) < 4.78 is 0. The molecule has 0 bridgehead atoms. The van der Waals surface area contributed by atoms with Gasteiger partial charge in [-0.15, -0.1) is 0 Å². The maximum atomic E-state index is 12.1. The van der Waals surface area contributed by atoms with Crippen molar-refractivity contribution in [2.75, 3.05) is 18.4 Å². The molecular weight excluding hydrogens is 270 g/mol. The Morgan fingerprint density at radius 2 is 2.00 bits per heavy atom. The first-order chi connectivity index (χ1) is 9.85. The van der Waals surface area contributed by atoms with E-state index in [0.29, 0.717) is 16.8 Å². The van der Waals surface area contributed by atoms with Crippen LogP contribution in [0.4, 0.5) is 10.5 Å². The van der Waals surface area contributed by atoms with Gasteiger partial charge in [-0.05, 0) is 30.4 Å². The lowest BCUT2D eigenvalue weighted by Gasteiger charge is -2.36. The first-order valence-corrected chi connectivity index (χ1v) is 7.08. The molecular formula is C15H21N3O3. The number of anilines is 1. The number of amides is 2. The van der Waals surface area contributed by atoms with Crippen molar-refractivity contribution >= 4 is 17.7 Å². The summed E-state index contributed by atoms with van der Waals surface area (Å²) in [5.74, 6) is -0.921. The lowest BCUT2D eigenvalue weighted by atomic mass is 9.83. The standard InChI is InChI=1S/C15H21N3O3/c1-15(2)5-7-18(8-6-15)14(21)17-12-4-3-11(16-10-12)9-13(19)20/h3-4,10H,5-9H2,1-2H3,(H,17,21)(H,19,20). The highest BCUT2D eigenvalue weighted by Crippen LogP contribution is 2.29. The van der Waals surface area contributed by atoms with Crippen LogP contribution >= 0.6 is 0 Å². The predicted octanol–water partition coefficient (Wildman–Crippen LogP) is 2.36. The number of hydrogen-bond donors (Lipinski definition) is 2. The maximum Gasteiger partial charge on any atom is 0.321 e. The lowest BCUT2D eigenvalue weighted by molar-refractivity contribution is -0.136. The maximum absolute atomic E-state index is 12.1. The van der Waals surface area contributed by atoms with Gasteiger partial charge in [0.15, 0.2) is 0 Å². The molecule has 2 amide bonds. The van der Waals surface area contributed by atoms with E-state index in [9.17, 15) is 9.59 Å². The highest BCUT2D eigenvalue weighted by Gasteiger charge is 2.27. The van der Waals surface area contributed by atoms with Crippen LogP contribution in [0.2, 0.25) is 0 Å². The van der Waals surface area contributed by atoms with Crippen LogP contribution in [0.5, 0.6) is 0 Å². The molecule has 6 heteroatoms. The van der Waals surface area contributed by atoms with E-state index in [4.69, 9.17) is 5.11 Å². The first kappa shape index (κ1) is 15.3. The monoisotopic (exact) mass is 291 g/mol. The van der Waals surface area contributed by atoms with Crippen molar-refractivity contribution in [2.24, 2.45) is 5.41 Å².